The van der Waals surface area contributed by atoms with E-state index in [9.17, 15) is 8.42 Å². The molecule has 1 atom stereocenters. The van der Waals surface area contributed by atoms with Gasteiger partial charge in [-0.3, -0.25) is 0 Å². The minimum absolute atomic E-state index is 0.133. The lowest BCUT2D eigenvalue weighted by Crippen LogP contribution is -2.34. The number of aryl methyl sites for hydroxylation is 1. The Morgan fingerprint density at radius 1 is 0.815 bits per heavy atom. The van der Waals surface area contributed by atoms with Gasteiger partial charge in [-0.15, -0.1) is 0 Å². The maximum atomic E-state index is 12.6. The lowest BCUT2D eigenvalue weighted by atomic mass is 10.1. The maximum absolute atomic E-state index is 12.6. The summed E-state index contributed by atoms with van der Waals surface area (Å²) < 4.78 is 28.0. The van der Waals surface area contributed by atoms with Crippen LogP contribution in [0.2, 0.25) is 0 Å². The fourth-order valence-electron chi connectivity index (χ4n) is 2.82. The summed E-state index contributed by atoms with van der Waals surface area (Å²) in [6, 6.07) is 26.7. The van der Waals surface area contributed by atoms with Crippen molar-refractivity contribution in [3.63, 3.8) is 0 Å². The van der Waals surface area contributed by atoms with Gasteiger partial charge in [-0.25, -0.2) is 13.1 Å². The molecule has 3 aromatic carbocycles. The van der Waals surface area contributed by atoms with Crippen molar-refractivity contribution in [2.75, 3.05) is 6.54 Å². The number of hydrogen-bond donors (Lipinski definition) is 2. The molecule has 140 valence electrons. The van der Waals surface area contributed by atoms with Crippen LogP contribution in [-0.4, -0.2) is 15.0 Å². The van der Waals surface area contributed by atoms with Crippen molar-refractivity contribution in [2.45, 2.75) is 24.4 Å². The van der Waals surface area contributed by atoms with E-state index < -0.39 is 10.0 Å². The molecule has 3 rings (SSSR count). The summed E-state index contributed by atoms with van der Waals surface area (Å²) in [4.78, 5) is 0.281. The summed E-state index contributed by atoms with van der Waals surface area (Å²) in [6.07, 6.45) is 0. The third-order valence-corrected chi connectivity index (χ3v) is 5.85. The van der Waals surface area contributed by atoms with E-state index in [0.29, 0.717) is 6.54 Å². The fourth-order valence-corrected chi connectivity index (χ4v) is 3.87. The van der Waals surface area contributed by atoms with E-state index in [-0.39, 0.29) is 17.5 Å². The van der Waals surface area contributed by atoms with Crippen molar-refractivity contribution < 1.29 is 8.42 Å². The highest BCUT2D eigenvalue weighted by Crippen LogP contribution is 2.15. The molecule has 0 saturated heterocycles. The van der Waals surface area contributed by atoms with Crippen molar-refractivity contribution in [3.8, 4) is 0 Å². The first-order valence-corrected chi connectivity index (χ1v) is 10.4. The molecule has 0 heterocycles. The second kappa shape index (κ2) is 8.95. The quantitative estimate of drug-likeness (QED) is 0.625. The number of sulfonamides is 1. The zero-order chi connectivity index (χ0) is 19.1. The summed E-state index contributed by atoms with van der Waals surface area (Å²) in [7, 11) is -3.55. The summed E-state index contributed by atoms with van der Waals surface area (Å²) in [5, 5.41) is 3.46. The van der Waals surface area contributed by atoms with Gasteiger partial charge in [-0.1, -0.05) is 78.4 Å². The van der Waals surface area contributed by atoms with Crippen LogP contribution in [0.1, 0.15) is 22.7 Å². The van der Waals surface area contributed by atoms with Crippen molar-refractivity contribution in [2.24, 2.45) is 0 Å². The lowest BCUT2D eigenvalue weighted by Gasteiger charge is -2.20. The number of rotatable bonds is 8. The van der Waals surface area contributed by atoms with E-state index in [4.69, 9.17) is 0 Å². The normalized spacial score (nSPS) is 12.6. The Morgan fingerprint density at radius 2 is 1.41 bits per heavy atom. The summed E-state index contributed by atoms with van der Waals surface area (Å²) >= 11 is 0. The molecule has 1 unspecified atom stereocenters. The number of hydrogen-bond acceptors (Lipinski definition) is 3. The highest BCUT2D eigenvalue weighted by Gasteiger charge is 2.18. The monoisotopic (exact) mass is 380 g/mol. The molecule has 0 radical (unpaired) electrons. The smallest absolute Gasteiger partial charge is 0.240 e. The highest BCUT2D eigenvalue weighted by molar-refractivity contribution is 7.89. The zero-order valence-corrected chi connectivity index (χ0v) is 16.1. The van der Waals surface area contributed by atoms with Crippen LogP contribution in [0.3, 0.4) is 0 Å². The van der Waals surface area contributed by atoms with Crippen LogP contribution in [0.4, 0.5) is 0 Å². The zero-order valence-electron chi connectivity index (χ0n) is 15.3. The second-order valence-corrected chi connectivity index (χ2v) is 8.26. The van der Waals surface area contributed by atoms with Crippen molar-refractivity contribution in [1.29, 1.82) is 0 Å². The molecule has 0 aliphatic heterocycles. The SMILES string of the molecule is Cc1ccc(S(=O)(=O)NCC(NCc2ccccc2)c2ccccc2)cc1. The Labute approximate surface area is 161 Å². The topological polar surface area (TPSA) is 58.2 Å². The van der Waals surface area contributed by atoms with Crippen LogP contribution in [0, 0.1) is 6.92 Å². The Bertz CT molecular complexity index is 941. The molecule has 0 aromatic heterocycles. The fraction of sp³-hybridized carbons (Fsp3) is 0.182. The van der Waals surface area contributed by atoms with Gasteiger partial charge in [-0.05, 0) is 30.2 Å². The molecule has 27 heavy (non-hydrogen) atoms. The standard InChI is InChI=1S/C22H24N2O2S/c1-18-12-14-21(15-13-18)27(25,26)24-17-22(20-10-6-3-7-11-20)23-16-19-8-4-2-5-9-19/h2-15,22-24H,16-17H2,1H3. The van der Waals surface area contributed by atoms with Gasteiger partial charge in [0.1, 0.15) is 0 Å². The largest absolute Gasteiger partial charge is 0.305 e. The van der Waals surface area contributed by atoms with Gasteiger partial charge in [0.05, 0.1) is 4.90 Å². The van der Waals surface area contributed by atoms with Crippen molar-refractivity contribution >= 4 is 10.0 Å². The van der Waals surface area contributed by atoms with Gasteiger partial charge < -0.3 is 5.32 Å². The Balaban J connectivity index is 1.72. The van der Waals surface area contributed by atoms with Crippen LogP contribution in [0.15, 0.2) is 89.8 Å². The summed E-state index contributed by atoms with van der Waals surface area (Å²) in [5.74, 6) is 0. The van der Waals surface area contributed by atoms with Crippen LogP contribution in [0.25, 0.3) is 0 Å². The third kappa shape index (κ3) is 5.50. The van der Waals surface area contributed by atoms with Gasteiger partial charge >= 0.3 is 0 Å². The second-order valence-electron chi connectivity index (χ2n) is 6.49. The average Bonchev–Trinajstić information content (AvgIpc) is 2.70. The molecule has 0 spiro atoms. The summed E-state index contributed by atoms with van der Waals surface area (Å²) in [6.45, 7) is 2.86. The molecule has 2 N–H and O–H groups in total. The molecule has 0 aliphatic carbocycles. The van der Waals surface area contributed by atoms with Gasteiger partial charge in [-0.2, -0.15) is 0 Å². The highest BCUT2D eigenvalue weighted by atomic mass is 32.2. The van der Waals surface area contributed by atoms with Crippen molar-refractivity contribution in [1.82, 2.24) is 10.0 Å². The molecular weight excluding hydrogens is 356 g/mol. The lowest BCUT2D eigenvalue weighted by molar-refractivity contribution is 0.513. The first-order chi connectivity index (χ1) is 13.0. The van der Waals surface area contributed by atoms with Gasteiger partial charge in [0.2, 0.25) is 10.0 Å². The Kier molecular flexibility index (Phi) is 6.40. The van der Waals surface area contributed by atoms with Gasteiger partial charge in [0, 0.05) is 19.1 Å². The Hall–Kier alpha value is -2.47. The molecule has 0 amide bonds. The first-order valence-electron chi connectivity index (χ1n) is 8.93. The van der Waals surface area contributed by atoms with Crippen LogP contribution in [0.5, 0.6) is 0 Å². The maximum Gasteiger partial charge on any atom is 0.240 e. The summed E-state index contributed by atoms with van der Waals surface area (Å²) in [5.41, 5.74) is 3.22. The average molecular weight is 381 g/mol. The predicted molar refractivity (Wildman–Crippen MR) is 109 cm³/mol. The third-order valence-electron chi connectivity index (χ3n) is 4.41. The van der Waals surface area contributed by atoms with Gasteiger partial charge in [0.15, 0.2) is 0 Å². The Morgan fingerprint density at radius 3 is 2.04 bits per heavy atom. The minimum Gasteiger partial charge on any atom is -0.305 e. The van der Waals surface area contributed by atoms with E-state index in [1.54, 1.807) is 24.3 Å². The molecule has 3 aromatic rings. The number of nitrogens with one attached hydrogen (secondary N) is 2. The number of benzene rings is 3. The molecular formula is C22H24N2O2S. The van der Waals surface area contributed by atoms with E-state index in [2.05, 4.69) is 10.0 Å². The van der Waals surface area contributed by atoms with E-state index in [1.807, 2.05) is 67.6 Å². The van der Waals surface area contributed by atoms with Crippen LogP contribution >= 0.6 is 0 Å². The van der Waals surface area contributed by atoms with Crippen LogP contribution in [-0.2, 0) is 16.6 Å². The van der Waals surface area contributed by atoms with E-state index >= 15 is 0 Å². The van der Waals surface area contributed by atoms with E-state index in [0.717, 1.165) is 16.7 Å². The first kappa shape index (κ1) is 19.3. The molecule has 4 nitrogen and oxygen atoms in total. The molecule has 0 aliphatic rings. The van der Waals surface area contributed by atoms with E-state index in [1.165, 1.54) is 0 Å². The minimum atomic E-state index is -3.55. The predicted octanol–water partition coefficient (Wildman–Crippen LogP) is 3.80. The molecule has 5 heteroatoms. The van der Waals surface area contributed by atoms with Crippen molar-refractivity contribution in [3.05, 3.63) is 102 Å². The molecule has 0 bridgehead atoms. The molecule has 0 saturated carbocycles. The van der Waals surface area contributed by atoms with Gasteiger partial charge in [0.25, 0.3) is 0 Å². The van der Waals surface area contributed by atoms with Crippen LogP contribution < -0.4 is 10.0 Å². The molecule has 0 fully saturated rings.